The summed E-state index contributed by atoms with van der Waals surface area (Å²) in [7, 11) is 1.73. The van der Waals surface area contributed by atoms with E-state index in [1.165, 1.54) is 6.07 Å². The Balaban J connectivity index is 0.00000320. The maximum absolute atomic E-state index is 12.8. The van der Waals surface area contributed by atoms with Gasteiger partial charge in [0.1, 0.15) is 0 Å². The fraction of sp³-hybridized carbons (Fsp3) is 0.571. The first-order valence-electron chi connectivity index (χ1n) is 9.87. The van der Waals surface area contributed by atoms with Crippen molar-refractivity contribution in [2.75, 3.05) is 59.5 Å². The number of hydrogen-bond acceptors (Lipinski definition) is 3. The average molecular weight is 536 g/mol. The van der Waals surface area contributed by atoms with Crippen molar-refractivity contribution in [3.8, 4) is 11.8 Å². The van der Waals surface area contributed by atoms with Gasteiger partial charge in [0.2, 0.25) is 0 Å². The summed E-state index contributed by atoms with van der Waals surface area (Å²) in [4.78, 5) is 9.00. The van der Waals surface area contributed by atoms with Gasteiger partial charge >= 0.3 is 6.18 Å². The molecule has 2 aliphatic rings. The molecule has 2 fully saturated rings. The Bertz CT molecular complexity index is 769. The van der Waals surface area contributed by atoms with Crippen molar-refractivity contribution in [1.82, 2.24) is 15.1 Å². The van der Waals surface area contributed by atoms with E-state index in [4.69, 9.17) is 4.74 Å². The number of benzene rings is 1. The van der Waals surface area contributed by atoms with Crippen LogP contribution in [0.2, 0.25) is 0 Å². The summed E-state index contributed by atoms with van der Waals surface area (Å²) < 4.78 is 43.7. The monoisotopic (exact) mass is 536 g/mol. The fourth-order valence-electron chi connectivity index (χ4n) is 3.70. The van der Waals surface area contributed by atoms with Crippen LogP contribution in [0.15, 0.2) is 29.3 Å². The number of guanidine groups is 1. The average Bonchev–Trinajstić information content (AvgIpc) is 3.16. The van der Waals surface area contributed by atoms with Crippen LogP contribution in [-0.4, -0.2) is 75.3 Å². The van der Waals surface area contributed by atoms with Gasteiger partial charge in [-0.2, -0.15) is 13.2 Å². The van der Waals surface area contributed by atoms with Crippen molar-refractivity contribution in [3.05, 3.63) is 35.4 Å². The van der Waals surface area contributed by atoms with Crippen molar-refractivity contribution in [3.63, 3.8) is 0 Å². The Morgan fingerprint density at radius 1 is 1.27 bits per heavy atom. The van der Waals surface area contributed by atoms with Gasteiger partial charge in [-0.1, -0.05) is 17.9 Å². The van der Waals surface area contributed by atoms with Gasteiger partial charge in [0.25, 0.3) is 0 Å². The Morgan fingerprint density at radius 2 is 2.03 bits per heavy atom. The van der Waals surface area contributed by atoms with E-state index in [2.05, 4.69) is 31.9 Å². The largest absolute Gasteiger partial charge is 0.416 e. The summed E-state index contributed by atoms with van der Waals surface area (Å²) in [6.45, 7) is 6.89. The van der Waals surface area contributed by atoms with Crippen LogP contribution in [0.3, 0.4) is 0 Å². The number of likely N-dealkylation sites (tertiary alicyclic amines) is 1. The first-order valence-corrected chi connectivity index (χ1v) is 9.87. The van der Waals surface area contributed by atoms with Crippen LogP contribution in [0.25, 0.3) is 0 Å². The minimum Gasteiger partial charge on any atom is -0.379 e. The topological polar surface area (TPSA) is 40.1 Å². The second kappa shape index (κ2) is 11.8. The molecule has 0 radical (unpaired) electrons. The molecule has 1 aromatic rings. The van der Waals surface area contributed by atoms with E-state index in [-0.39, 0.29) is 24.0 Å². The molecule has 0 aromatic heterocycles. The van der Waals surface area contributed by atoms with E-state index in [1.54, 1.807) is 13.1 Å². The molecule has 0 amide bonds. The van der Waals surface area contributed by atoms with Gasteiger partial charge in [-0.05, 0) is 30.5 Å². The zero-order valence-corrected chi connectivity index (χ0v) is 19.4. The lowest BCUT2D eigenvalue weighted by atomic mass is 10.1. The molecule has 0 saturated carbocycles. The summed E-state index contributed by atoms with van der Waals surface area (Å²) in [5.41, 5.74) is -0.334. The van der Waals surface area contributed by atoms with Gasteiger partial charge < -0.3 is 15.0 Å². The molecule has 0 aliphatic carbocycles. The highest BCUT2D eigenvalue weighted by Crippen LogP contribution is 2.29. The zero-order chi connectivity index (χ0) is 20.7. The number of halogens is 4. The highest BCUT2D eigenvalue weighted by Gasteiger charge is 2.30. The third-order valence-corrected chi connectivity index (χ3v) is 5.17. The first-order chi connectivity index (χ1) is 14.0. The molecule has 3 rings (SSSR count). The van der Waals surface area contributed by atoms with E-state index >= 15 is 0 Å². The summed E-state index contributed by atoms with van der Waals surface area (Å²) in [5.74, 6) is 7.06. The molecule has 5 nitrogen and oxygen atoms in total. The molecular formula is C21H28F3IN4O. The summed E-state index contributed by atoms with van der Waals surface area (Å²) in [6, 6.07) is 5.07. The highest BCUT2D eigenvalue weighted by molar-refractivity contribution is 14.0. The molecule has 166 valence electrons. The molecule has 1 atom stereocenters. The van der Waals surface area contributed by atoms with Gasteiger partial charge in [0, 0.05) is 45.3 Å². The molecule has 2 saturated heterocycles. The Morgan fingerprint density at radius 3 is 2.73 bits per heavy atom. The lowest BCUT2D eigenvalue weighted by molar-refractivity contribution is -0.137. The van der Waals surface area contributed by atoms with Crippen LogP contribution in [0.4, 0.5) is 13.2 Å². The minimum atomic E-state index is -4.36. The summed E-state index contributed by atoms with van der Waals surface area (Å²) in [5, 5.41) is 3.20. The van der Waals surface area contributed by atoms with E-state index < -0.39 is 11.7 Å². The van der Waals surface area contributed by atoms with E-state index in [9.17, 15) is 13.2 Å². The van der Waals surface area contributed by atoms with E-state index in [1.807, 2.05) is 0 Å². The molecule has 1 unspecified atom stereocenters. The molecular weight excluding hydrogens is 508 g/mol. The summed E-state index contributed by atoms with van der Waals surface area (Å²) >= 11 is 0. The van der Waals surface area contributed by atoms with Crippen molar-refractivity contribution < 1.29 is 17.9 Å². The number of nitrogens with one attached hydrogen (secondary N) is 1. The number of alkyl halides is 3. The molecule has 0 spiro atoms. The molecule has 0 bridgehead atoms. The van der Waals surface area contributed by atoms with Crippen LogP contribution < -0.4 is 5.32 Å². The number of hydrogen-bond donors (Lipinski definition) is 1. The van der Waals surface area contributed by atoms with Gasteiger partial charge in [-0.3, -0.25) is 9.89 Å². The SMILES string of the molecule is CN=C(NCC#Cc1cccc(C(F)(F)F)c1)N1CCC(CN2CCOCC2)C1.I. The van der Waals surface area contributed by atoms with Gasteiger partial charge in [0.05, 0.1) is 25.3 Å². The maximum atomic E-state index is 12.8. The quantitative estimate of drug-likeness (QED) is 0.279. The van der Waals surface area contributed by atoms with Crippen LogP contribution in [-0.2, 0) is 10.9 Å². The fourth-order valence-corrected chi connectivity index (χ4v) is 3.70. The number of rotatable bonds is 3. The molecule has 9 heteroatoms. The van der Waals surface area contributed by atoms with Crippen molar-refractivity contribution >= 4 is 29.9 Å². The standard InChI is InChI=1S/C21H27F3N4O.HI/c1-25-20(28-9-7-18(16-28)15-27-10-12-29-13-11-27)26-8-3-5-17-4-2-6-19(14-17)21(22,23)24;/h2,4,6,14,18H,7-13,15-16H2,1H3,(H,25,26);1H. The minimum absolute atomic E-state index is 0. The van der Waals surface area contributed by atoms with Crippen LogP contribution in [0.1, 0.15) is 17.5 Å². The number of nitrogens with zero attached hydrogens (tertiary/aromatic N) is 3. The normalized spacial score (nSPS) is 20.3. The zero-order valence-electron chi connectivity index (χ0n) is 17.0. The van der Waals surface area contributed by atoms with Gasteiger partial charge in [-0.15, -0.1) is 24.0 Å². The predicted octanol–water partition coefficient (Wildman–Crippen LogP) is 2.90. The highest BCUT2D eigenvalue weighted by atomic mass is 127. The van der Waals surface area contributed by atoms with E-state index in [0.717, 1.165) is 70.5 Å². The Hall–Kier alpha value is -1.51. The summed E-state index contributed by atoms with van der Waals surface area (Å²) in [6.07, 6.45) is -3.24. The second-order valence-corrected chi connectivity index (χ2v) is 7.29. The van der Waals surface area contributed by atoms with E-state index in [0.29, 0.717) is 18.0 Å². The van der Waals surface area contributed by atoms with Gasteiger partial charge in [0.15, 0.2) is 5.96 Å². The van der Waals surface area contributed by atoms with Crippen molar-refractivity contribution in [2.24, 2.45) is 10.9 Å². The Labute approximate surface area is 193 Å². The predicted molar refractivity (Wildman–Crippen MR) is 122 cm³/mol. The molecule has 2 heterocycles. The third-order valence-electron chi connectivity index (χ3n) is 5.17. The number of morpholine rings is 1. The number of aliphatic imine (C=N–C) groups is 1. The van der Waals surface area contributed by atoms with Crippen molar-refractivity contribution in [2.45, 2.75) is 12.6 Å². The van der Waals surface area contributed by atoms with Gasteiger partial charge in [-0.25, -0.2) is 0 Å². The smallest absolute Gasteiger partial charge is 0.379 e. The van der Waals surface area contributed by atoms with Crippen LogP contribution in [0, 0.1) is 17.8 Å². The number of ether oxygens (including phenoxy) is 1. The third kappa shape index (κ3) is 7.32. The van der Waals surface area contributed by atoms with Crippen LogP contribution in [0.5, 0.6) is 0 Å². The van der Waals surface area contributed by atoms with Crippen LogP contribution >= 0.6 is 24.0 Å². The molecule has 1 aromatic carbocycles. The maximum Gasteiger partial charge on any atom is 0.416 e. The first kappa shape index (κ1) is 24.8. The lowest BCUT2D eigenvalue weighted by Crippen LogP contribution is -2.42. The molecule has 1 N–H and O–H groups in total. The molecule has 2 aliphatic heterocycles. The lowest BCUT2D eigenvalue weighted by Gasteiger charge is -2.29. The molecule has 30 heavy (non-hydrogen) atoms. The Kier molecular flexibility index (Phi) is 9.71. The van der Waals surface area contributed by atoms with Crippen molar-refractivity contribution in [1.29, 1.82) is 0 Å². The second-order valence-electron chi connectivity index (χ2n) is 7.29.